The Morgan fingerprint density at radius 1 is 0.796 bits per heavy atom. The minimum absolute atomic E-state index is 0.270. The van der Waals surface area contributed by atoms with Crippen LogP contribution in [-0.2, 0) is 18.9 Å². The molecule has 18 heteroatoms. The van der Waals surface area contributed by atoms with Crippen LogP contribution in [0.5, 0.6) is 5.75 Å². The summed E-state index contributed by atoms with van der Waals surface area (Å²) >= 11 is 0. The number of nitrogens with zero attached hydrogens (tertiary/aromatic N) is 2. The van der Waals surface area contributed by atoms with Crippen molar-refractivity contribution in [2.45, 2.75) is 6.36 Å². The summed E-state index contributed by atoms with van der Waals surface area (Å²) in [6, 6.07) is 20.1. The predicted molar refractivity (Wildman–Crippen MR) is 195 cm³/mol. The number of carbonyl (C=O) groups is 2. The number of aldehydes is 1. The highest BCUT2D eigenvalue weighted by atomic mass is 19.4. The SMILES string of the molecule is CNCCOCCOCCOCCOCCNC(=O)c1cccc(B(O)O)c1.O=Cc1cccc(-c2cc(Nc3ccc(OC(F)(F)F)cc3)ncn2)c1. The number of carbonyl (C=O) groups excluding carboxylic acids is 2. The lowest BCUT2D eigenvalue weighted by Gasteiger charge is -2.10. The number of halogens is 3. The van der Waals surface area contributed by atoms with E-state index < -0.39 is 13.5 Å². The minimum Gasteiger partial charge on any atom is -0.423 e. The van der Waals surface area contributed by atoms with Crippen molar-refractivity contribution in [1.82, 2.24) is 20.6 Å². The molecule has 0 unspecified atom stereocenters. The third-order valence-electron chi connectivity index (χ3n) is 6.94. The molecule has 0 bridgehead atoms. The van der Waals surface area contributed by atoms with E-state index in [1.165, 1.54) is 42.7 Å². The van der Waals surface area contributed by atoms with Gasteiger partial charge in [0.25, 0.3) is 5.91 Å². The van der Waals surface area contributed by atoms with E-state index in [-0.39, 0.29) is 17.1 Å². The first-order valence-corrected chi connectivity index (χ1v) is 16.8. The number of rotatable bonds is 22. The standard InChI is InChI=1S/C18H31BN2O7.C18H12F3N3O2/c1-20-5-7-25-9-11-27-13-14-28-12-10-26-8-6-21-18(22)16-3-2-4-17(15-16)19(23)24;19-18(20,21)26-15-6-4-14(5-7-15)24-17-9-16(22-11-23-17)13-3-1-2-12(8-13)10-25/h2-4,15,20,23-24H,5-14H2,1H3,(H,21,22);1-11H,(H,22,23,24). The van der Waals surface area contributed by atoms with Gasteiger partial charge in [-0.3, -0.25) is 9.59 Å². The van der Waals surface area contributed by atoms with Crippen LogP contribution in [0.25, 0.3) is 11.3 Å². The van der Waals surface area contributed by atoms with E-state index in [1.807, 2.05) is 13.1 Å². The van der Waals surface area contributed by atoms with Crippen molar-refractivity contribution in [1.29, 1.82) is 0 Å². The topological polar surface area (TPSA) is 183 Å². The molecule has 3 aromatic carbocycles. The van der Waals surface area contributed by atoms with E-state index in [0.717, 1.165) is 18.4 Å². The van der Waals surface area contributed by atoms with E-state index in [2.05, 4.69) is 30.7 Å². The molecule has 1 amide bonds. The highest BCUT2D eigenvalue weighted by molar-refractivity contribution is 6.58. The second-order valence-electron chi connectivity index (χ2n) is 11.0. The van der Waals surface area contributed by atoms with Gasteiger partial charge < -0.3 is 49.7 Å². The number of likely N-dealkylation sites (N-methyl/N-ethyl adjacent to an activating group) is 1. The molecule has 1 aromatic heterocycles. The van der Waals surface area contributed by atoms with Gasteiger partial charge in [-0.2, -0.15) is 0 Å². The second-order valence-corrected chi connectivity index (χ2v) is 11.0. The number of hydrogen-bond acceptors (Lipinski definition) is 13. The number of nitrogens with one attached hydrogen (secondary N) is 3. The van der Waals surface area contributed by atoms with Gasteiger partial charge >= 0.3 is 13.5 Å². The smallest absolute Gasteiger partial charge is 0.423 e. The Balaban J connectivity index is 0.000000291. The highest BCUT2D eigenvalue weighted by Gasteiger charge is 2.31. The molecule has 290 valence electrons. The zero-order valence-corrected chi connectivity index (χ0v) is 29.6. The first-order valence-electron chi connectivity index (χ1n) is 16.8. The van der Waals surface area contributed by atoms with Crippen LogP contribution in [0.1, 0.15) is 20.7 Å². The largest absolute Gasteiger partial charge is 0.573 e. The monoisotopic (exact) mass is 757 g/mol. The van der Waals surface area contributed by atoms with Crippen molar-refractivity contribution in [2.24, 2.45) is 0 Å². The van der Waals surface area contributed by atoms with Crippen LogP contribution in [0.4, 0.5) is 24.7 Å². The van der Waals surface area contributed by atoms with Gasteiger partial charge in [0, 0.05) is 41.5 Å². The Morgan fingerprint density at radius 3 is 2.04 bits per heavy atom. The first-order chi connectivity index (χ1) is 26.1. The average molecular weight is 758 g/mol. The van der Waals surface area contributed by atoms with Crippen LogP contribution in [0.2, 0.25) is 0 Å². The summed E-state index contributed by atoms with van der Waals surface area (Å²) in [6.07, 6.45) is -2.63. The van der Waals surface area contributed by atoms with Crippen molar-refractivity contribution < 1.29 is 56.5 Å². The number of hydrogen-bond donors (Lipinski definition) is 5. The van der Waals surface area contributed by atoms with Gasteiger partial charge in [-0.25, -0.2) is 9.97 Å². The Labute approximate surface area is 311 Å². The predicted octanol–water partition coefficient (Wildman–Crippen LogP) is 2.98. The maximum Gasteiger partial charge on any atom is 0.573 e. The number of alkyl halides is 3. The third kappa shape index (κ3) is 17.7. The first kappa shape index (κ1) is 43.5. The van der Waals surface area contributed by atoms with Crippen LogP contribution in [0, 0.1) is 0 Å². The van der Waals surface area contributed by atoms with E-state index >= 15 is 0 Å². The molecular formula is C36H43BF3N5O9. The van der Waals surface area contributed by atoms with E-state index in [4.69, 9.17) is 29.0 Å². The van der Waals surface area contributed by atoms with Gasteiger partial charge in [0.05, 0.1) is 58.5 Å². The lowest BCUT2D eigenvalue weighted by molar-refractivity contribution is -0.274. The molecular weight excluding hydrogens is 714 g/mol. The zero-order chi connectivity index (χ0) is 39.0. The summed E-state index contributed by atoms with van der Waals surface area (Å²) in [5.74, 6) is -0.150. The summed E-state index contributed by atoms with van der Waals surface area (Å²) < 4.78 is 61.8. The lowest BCUT2D eigenvalue weighted by Crippen LogP contribution is -2.32. The van der Waals surface area contributed by atoms with Gasteiger partial charge in [-0.05, 0) is 55.0 Å². The molecule has 5 N–H and O–H groups in total. The Bertz CT molecular complexity index is 1690. The van der Waals surface area contributed by atoms with Gasteiger partial charge in [0.15, 0.2) is 0 Å². The van der Waals surface area contributed by atoms with Crippen LogP contribution in [-0.4, -0.2) is 119 Å². The van der Waals surface area contributed by atoms with Crippen molar-refractivity contribution >= 4 is 36.3 Å². The molecule has 0 saturated carbocycles. The Hall–Kier alpha value is -4.95. The van der Waals surface area contributed by atoms with Crippen molar-refractivity contribution in [2.75, 3.05) is 78.3 Å². The highest BCUT2D eigenvalue weighted by Crippen LogP contribution is 2.26. The third-order valence-corrected chi connectivity index (χ3v) is 6.94. The van der Waals surface area contributed by atoms with Gasteiger partial charge in [-0.15, -0.1) is 13.2 Å². The maximum atomic E-state index is 12.2. The van der Waals surface area contributed by atoms with Crippen molar-refractivity contribution in [3.05, 3.63) is 96.3 Å². The molecule has 0 aliphatic heterocycles. The van der Waals surface area contributed by atoms with E-state index in [0.29, 0.717) is 87.7 Å². The number of anilines is 2. The van der Waals surface area contributed by atoms with Crippen LogP contribution >= 0.6 is 0 Å². The van der Waals surface area contributed by atoms with Crippen LogP contribution < -0.4 is 26.2 Å². The second kappa shape index (κ2) is 24.4. The molecule has 0 radical (unpaired) electrons. The van der Waals surface area contributed by atoms with E-state index in [9.17, 15) is 22.8 Å². The molecule has 0 saturated heterocycles. The van der Waals surface area contributed by atoms with E-state index in [1.54, 1.807) is 36.4 Å². The fourth-order valence-electron chi connectivity index (χ4n) is 4.36. The zero-order valence-electron chi connectivity index (χ0n) is 29.6. The van der Waals surface area contributed by atoms with Crippen molar-refractivity contribution in [3.63, 3.8) is 0 Å². The van der Waals surface area contributed by atoms with Crippen LogP contribution in [0.15, 0.2) is 85.2 Å². The van der Waals surface area contributed by atoms with Crippen molar-refractivity contribution in [3.8, 4) is 17.0 Å². The lowest BCUT2D eigenvalue weighted by atomic mass is 9.79. The molecule has 0 atom stereocenters. The Morgan fingerprint density at radius 2 is 1.43 bits per heavy atom. The number of amides is 1. The maximum absolute atomic E-state index is 12.2. The Kier molecular flexibility index (Phi) is 19.6. The quantitative estimate of drug-likeness (QED) is 0.0449. The molecule has 0 aliphatic rings. The number of aromatic nitrogens is 2. The van der Waals surface area contributed by atoms with Gasteiger partial charge in [0.2, 0.25) is 0 Å². The summed E-state index contributed by atoms with van der Waals surface area (Å²) in [6.45, 7) is 5.20. The number of ether oxygens (including phenoxy) is 5. The van der Waals surface area contributed by atoms with Gasteiger partial charge in [0.1, 0.15) is 24.2 Å². The molecule has 4 rings (SSSR count). The molecule has 14 nitrogen and oxygen atoms in total. The summed E-state index contributed by atoms with van der Waals surface area (Å²) in [7, 11) is 0.279. The normalized spacial score (nSPS) is 10.9. The molecule has 0 spiro atoms. The fraction of sp³-hybridized carbons (Fsp3) is 0.333. The summed E-state index contributed by atoms with van der Waals surface area (Å²) in [5.41, 5.74) is 3.03. The molecule has 0 fully saturated rings. The van der Waals surface area contributed by atoms with Gasteiger partial charge in [-0.1, -0.05) is 30.3 Å². The fourth-order valence-corrected chi connectivity index (χ4v) is 4.36. The molecule has 54 heavy (non-hydrogen) atoms. The number of benzene rings is 3. The average Bonchev–Trinajstić information content (AvgIpc) is 3.17. The van der Waals surface area contributed by atoms with Crippen LogP contribution in [0.3, 0.4) is 0 Å². The summed E-state index contributed by atoms with van der Waals surface area (Å²) in [5, 5.41) is 26.9. The summed E-state index contributed by atoms with van der Waals surface area (Å²) in [4.78, 5) is 31.1. The molecule has 0 aliphatic carbocycles. The molecule has 1 heterocycles. The minimum atomic E-state index is -4.73. The molecule has 4 aromatic rings.